The number of nitrogens with zero attached hydrogens (tertiary/aromatic N) is 1. The van der Waals surface area contributed by atoms with Gasteiger partial charge in [0, 0.05) is 30.2 Å². The average Bonchev–Trinajstić information content (AvgIpc) is 2.69. The Kier molecular flexibility index (Phi) is 5.74. The molecule has 3 rings (SSSR count). The summed E-state index contributed by atoms with van der Waals surface area (Å²) in [5.41, 5.74) is 0.199. The monoisotopic (exact) mass is 380 g/mol. The molecule has 0 fully saturated rings. The summed E-state index contributed by atoms with van der Waals surface area (Å²) in [6.45, 7) is 5.70. The fraction of sp³-hybridized carbons (Fsp3) is 0.190. The first-order valence-electron chi connectivity index (χ1n) is 8.93. The van der Waals surface area contributed by atoms with Gasteiger partial charge in [0.2, 0.25) is 0 Å². The topological polar surface area (TPSA) is 88.9 Å². The number of benzene rings is 2. The fourth-order valence-corrected chi connectivity index (χ4v) is 2.82. The highest BCUT2D eigenvalue weighted by molar-refractivity contribution is 6.04. The highest BCUT2D eigenvalue weighted by Gasteiger charge is 2.18. The standard InChI is InChI=1S/C21H20N2O5/c1-3-23(4-2)15-11-10-14-12-17(20(25)28-18(14)13-15)19(24)22-21(26)27-16-8-6-5-7-9-16/h5-13H,3-4H2,1-2H3,(H,22,24,26). The maximum atomic E-state index is 12.3. The van der Waals surface area contributed by atoms with Crippen molar-refractivity contribution in [1.82, 2.24) is 5.32 Å². The SMILES string of the molecule is CCN(CC)c1ccc2cc(C(=O)NC(=O)Oc3ccccc3)c(=O)oc2c1. The van der Waals surface area contributed by atoms with Crippen LogP contribution in [0.3, 0.4) is 0 Å². The maximum absolute atomic E-state index is 12.3. The molecule has 1 aromatic heterocycles. The van der Waals surface area contributed by atoms with E-state index in [1.807, 2.05) is 25.2 Å². The van der Waals surface area contributed by atoms with Crippen molar-refractivity contribution in [3.63, 3.8) is 0 Å². The van der Waals surface area contributed by atoms with Crippen molar-refractivity contribution in [2.75, 3.05) is 18.0 Å². The number of carbonyl (C=O) groups is 2. The molecular weight excluding hydrogens is 360 g/mol. The molecular formula is C21H20N2O5. The van der Waals surface area contributed by atoms with Gasteiger partial charge < -0.3 is 14.1 Å². The number of ether oxygens (including phenoxy) is 1. The Morgan fingerprint density at radius 2 is 1.75 bits per heavy atom. The minimum Gasteiger partial charge on any atom is -0.422 e. The van der Waals surface area contributed by atoms with Gasteiger partial charge in [-0.1, -0.05) is 18.2 Å². The fourth-order valence-electron chi connectivity index (χ4n) is 2.82. The lowest BCUT2D eigenvalue weighted by Crippen LogP contribution is -2.35. The number of para-hydroxylation sites is 1. The predicted octanol–water partition coefficient (Wildman–Crippen LogP) is 3.57. The second-order valence-electron chi connectivity index (χ2n) is 6.00. The van der Waals surface area contributed by atoms with Crippen LogP contribution in [0.15, 0.2) is 63.8 Å². The number of anilines is 1. The molecule has 0 spiro atoms. The van der Waals surface area contributed by atoms with Crippen LogP contribution in [0, 0.1) is 0 Å². The summed E-state index contributed by atoms with van der Waals surface area (Å²) in [5, 5.41) is 2.61. The summed E-state index contributed by atoms with van der Waals surface area (Å²) in [7, 11) is 0. The molecule has 0 bridgehead atoms. The van der Waals surface area contributed by atoms with E-state index in [-0.39, 0.29) is 11.3 Å². The van der Waals surface area contributed by atoms with Crippen molar-refractivity contribution in [2.45, 2.75) is 13.8 Å². The van der Waals surface area contributed by atoms with Gasteiger partial charge in [-0.2, -0.15) is 0 Å². The van der Waals surface area contributed by atoms with Crippen LogP contribution < -0.4 is 20.6 Å². The molecule has 0 radical (unpaired) electrons. The van der Waals surface area contributed by atoms with Gasteiger partial charge in [0.25, 0.3) is 5.91 Å². The van der Waals surface area contributed by atoms with Crippen LogP contribution in [0.4, 0.5) is 10.5 Å². The van der Waals surface area contributed by atoms with E-state index in [2.05, 4.69) is 4.90 Å². The van der Waals surface area contributed by atoms with Gasteiger partial charge in [0.15, 0.2) is 0 Å². The summed E-state index contributed by atoms with van der Waals surface area (Å²) in [5.74, 6) is -0.605. The lowest BCUT2D eigenvalue weighted by Gasteiger charge is -2.20. The van der Waals surface area contributed by atoms with Crippen LogP contribution in [-0.2, 0) is 0 Å². The minimum atomic E-state index is -0.979. The number of fused-ring (bicyclic) bond motifs is 1. The Labute approximate surface area is 161 Å². The molecule has 2 aromatic carbocycles. The van der Waals surface area contributed by atoms with Gasteiger partial charge in [0.1, 0.15) is 16.9 Å². The molecule has 7 heteroatoms. The molecule has 1 heterocycles. The number of imide groups is 1. The number of amides is 2. The molecule has 0 saturated carbocycles. The van der Waals surface area contributed by atoms with E-state index in [4.69, 9.17) is 9.15 Å². The molecule has 1 N–H and O–H groups in total. The van der Waals surface area contributed by atoms with Crippen LogP contribution in [0.5, 0.6) is 5.75 Å². The summed E-state index contributed by atoms with van der Waals surface area (Å²) >= 11 is 0. The Bertz CT molecular complexity index is 1060. The largest absolute Gasteiger partial charge is 0.422 e. The molecule has 0 aliphatic carbocycles. The van der Waals surface area contributed by atoms with Crippen LogP contribution in [0.25, 0.3) is 11.0 Å². The van der Waals surface area contributed by atoms with Gasteiger partial charge in [0.05, 0.1) is 0 Å². The Balaban J connectivity index is 1.81. The Morgan fingerprint density at radius 1 is 1.04 bits per heavy atom. The summed E-state index contributed by atoms with van der Waals surface area (Å²) in [6.07, 6.45) is -0.979. The zero-order chi connectivity index (χ0) is 20.1. The molecule has 0 unspecified atom stereocenters. The molecule has 144 valence electrons. The van der Waals surface area contributed by atoms with Crippen molar-refractivity contribution in [2.24, 2.45) is 0 Å². The number of hydrogen-bond donors (Lipinski definition) is 1. The molecule has 7 nitrogen and oxygen atoms in total. The van der Waals surface area contributed by atoms with Crippen LogP contribution in [0.2, 0.25) is 0 Å². The summed E-state index contributed by atoms with van der Waals surface area (Å²) in [6, 6.07) is 15.1. The van der Waals surface area contributed by atoms with E-state index in [0.717, 1.165) is 18.8 Å². The van der Waals surface area contributed by atoms with Gasteiger partial charge >= 0.3 is 11.7 Å². The molecule has 0 aliphatic rings. The van der Waals surface area contributed by atoms with Crippen molar-refractivity contribution in [3.8, 4) is 5.75 Å². The number of carbonyl (C=O) groups excluding carboxylic acids is 2. The zero-order valence-corrected chi connectivity index (χ0v) is 15.6. The smallest absolute Gasteiger partial charge is 0.419 e. The normalized spacial score (nSPS) is 10.5. The molecule has 3 aromatic rings. The number of rotatable bonds is 5. The quantitative estimate of drug-likeness (QED) is 0.681. The van der Waals surface area contributed by atoms with E-state index in [0.29, 0.717) is 11.0 Å². The van der Waals surface area contributed by atoms with Crippen LogP contribution in [0.1, 0.15) is 24.2 Å². The van der Waals surface area contributed by atoms with E-state index >= 15 is 0 Å². The average molecular weight is 380 g/mol. The van der Waals surface area contributed by atoms with Crippen molar-refractivity contribution >= 4 is 28.7 Å². The van der Waals surface area contributed by atoms with Crippen LogP contribution >= 0.6 is 0 Å². The second-order valence-corrected chi connectivity index (χ2v) is 6.00. The number of hydrogen-bond acceptors (Lipinski definition) is 6. The minimum absolute atomic E-state index is 0.270. The van der Waals surface area contributed by atoms with Gasteiger partial charge in [-0.15, -0.1) is 0 Å². The maximum Gasteiger partial charge on any atom is 0.419 e. The first kappa shape index (κ1) is 19.2. The molecule has 0 atom stereocenters. The highest BCUT2D eigenvalue weighted by atomic mass is 16.6. The highest BCUT2D eigenvalue weighted by Crippen LogP contribution is 2.22. The molecule has 28 heavy (non-hydrogen) atoms. The predicted molar refractivity (Wildman–Crippen MR) is 106 cm³/mol. The third-order valence-electron chi connectivity index (χ3n) is 4.26. The van der Waals surface area contributed by atoms with E-state index in [1.54, 1.807) is 42.5 Å². The van der Waals surface area contributed by atoms with Gasteiger partial charge in [-0.25, -0.2) is 9.59 Å². The molecule has 2 amide bonds. The van der Waals surface area contributed by atoms with Gasteiger partial charge in [-0.3, -0.25) is 10.1 Å². The third kappa shape index (κ3) is 4.20. The van der Waals surface area contributed by atoms with Gasteiger partial charge in [-0.05, 0) is 44.2 Å². The van der Waals surface area contributed by atoms with Crippen LogP contribution in [-0.4, -0.2) is 25.1 Å². The first-order valence-corrected chi connectivity index (χ1v) is 8.93. The number of nitrogens with one attached hydrogen (secondary N) is 1. The van der Waals surface area contributed by atoms with Crippen molar-refractivity contribution in [3.05, 3.63) is 70.6 Å². The second kappa shape index (κ2) is 8.39. The van der Waals surface area contributed by atoms with Crippen molar-refractivity contribution < 1.29 is 18.7 Å². The Morgan fingerprint density at radius 3 is 2.43 bits per heavy atom. The van der Waals surface area contributed by atoms with E-state index in [1.165, 1.54) is 6.07 Å². The van der Waals surface area contributed by atoms with E-state index in [9.17, 15) is 14.4 Å². The molecule has 0 aliphatic heterocycles. The van der Waals surface area contributed by atoms with Crippen molar-refractivity contribution in [1.29, 1.82) is 0 Å². The van der Waals surface area contributed by atoms with E-state index < -0.39 is 17.6 Å². The third-order valence-corrected chi connectivity index (χ3v) is 4.26. The summed E-state index contributed by atoms with van der Waals surface area (Å²) < 4.78 is 10.3. The lowest BCUT2D eigenvalue weighted by atomic mass is 10.1. The lowest BCUT2D eigenvalue weighted by molar-refractivity contribution is 0.0947. The summed E-state index contributed by atoms with van der Waals surface area (Å²) in [4.78, 5) is 38.5. The zero-order valence-electron chi connectivity index (χ0n) is 15.6. The molecule has 0 saturated heterocycles. The Hall–Kier alpha value is -3.61. The first-order chi connectivity index (χ1) is 13.5.